The van der Waals surface area contributed by atoms with E-state index in [0.29, 0.717) is 83.5 Å². The van der Waals surface area contributed by atoms with Gasteiger partial charge in [0.1, 0.15) is 56.8 Å². The number of hydrogen-bond donors (Lipinski definition) is 0. The lowest BCUT2D eigenvalue weighted by Crippen LogP contribution is -2.47. The number of benzene rings is 4. The molecule has 0 atom stereocenters. The molecule has 3 fully saturated rings. The molecule has 0 N–H and O–H groups in total. The van der Waals surface area contributed by atoms with Crippen molar-refractivity contribution < 1.29 is 46.7 Å². The maximum absolute atomic E-state index is 13.0. The number of nitrogens with zero attached hydrogens (tertiary/aromatic N) is 5. The number of amides is 2. The molecule has 2 aromatic heterocycles. The van der Waals surface area contributed by atoms with E-state index in [1.54, 1.807) is 53.4 Å². The highest BCUT2D eigenvalue weighted by molar-refractivity contribution is 6.62. The van der Waals surface area contributed by atoms with E-state index in [2.05, 4.69) is 14.9 Å². The van der Waals surface area contributed by atoms with E-state index < -0.39 is 5.60 Å². The highest BCUT2D eigenvalue weighted by Crippen LogP contribution is 2.37. The van der Waals surface area contributed by atoms with Crippen molar-refractivity contribution in [3.63, 3.8) is 0 Å². The van der Waals surface area contributed by atoms with Gasteiger partial charge >= 0.3 is 13.2 Å². The molecule has 2 amide bonds. The number of likely N-dealkylation sites (tertiary alicyclic amines) is 1. The number of ether oxygens (including phenoxy) is 3. The van der Waals surface area contributed by atoms with Crippen molar-refractivity contribution in [2.75, 3.05) is 46.3 Å². The van der Waals surface area contributed by atoms with Crippen molar-refractivity contribution >= 4 is 65.2 Å². The zero-order valence-electron chi connectivity index (χ0n) is 43.8. The van der Waals surface area contributed by atoms with Crippen LogP contribution in [0.3, 0.4) is 0 Å². The van der Waals surface area contributed by atoms with Crippen LogP contribution in [0, 0.1) is 17.6 Å². The first-order valence-electron chi connectivity index (χ1n) is 24.8. The molecule has 3 aliphatic heterocycles. The van der Waals surface area contributed by atoms with E-state index in [1.165, 1.54) is 36.4 Å². The summed E-state index contributed by atoms with van der Waals surface area (Å²) < 4.78 is 54.7. The van der Waals surface area contributed by atoms with Crippen molar-refractivity contribution in [2.24, 2.45) is 5.92 Å². The first-order chi connectivity index (χ1) is 35.9. The number of piperazine rings is 1. The molecule has 0 aliphatic carbocycles. The van der Waals surface area contributed by atoms with Gasteiger partial charge in [0, 0.05) is 60.8 Å². The van der Waals surface area contributed by atoms with E-state index in [0.717, 1.165) is 24.1 Å². The number of piperidine rings is 1. The van der Waals surface area contributed by atoms with E-state index in [4.69, 9.17) is 58.3 Å². The molecule has 9 rings (SSSR count). The molecule has 3 saturated heterocycles. The average Bonchev–Trinajstić information content (AvgIpc) is 3.62. The number of hydrogen-bond acceptors (Lipinski definition) is 11. The maximum atomic E-state index is 13.0. The number of likely N-dealkylation sites (N-methyl/N-ethyl adjacent to an activating group) is 1. The number of aromatic nitrogens is 2. The van der Waals surface area contributed by atoms with Gasteiger partial charge in [-0.3, -0.25) is 9.59 Å². The Morgan fingerprint density at radius 3 is 1.57 bits per heavy atom. The Morgan fingerprint density at radius 2 is 1.08 bits per heavy atom. The first kappa shape index (κ1) is 57.6. The molecule has 0 spiro atoms. The standard InChI is InChI=1S/C23H21ClFN3O2.C18H20BFO3.C16H20Cl2N2O3/c1-27-10-12-28(13-11-27)23(29)22-15-17(24)14-21(26-22)16-2-6-19(7-3-16)30-20-8-4-18(25)5-9-20;1-17(2)18(3,4)23-19(22-17)13-5-9-15(10-6-13)21-16-11-7-14(20)8-12-16;1-16(2,3)23-15(22)20-6-4-10(5-7-20)14(21)12-8-11(17)9-13(18)19-12/h2-9,14-15H,10-13H2,1H3;5-12H,1-4H3;8-10H,4-7H2,1-3H3. The predicted molar refractivity (Wildman–Crippen MR) is 292 cm³/mol. The molecule has 400 valence electrons. The van der Waals surface area contributed by atoms with Gasteiger partial charge in [0.25, 0.3) is 5.91 Å². The highest BCUT2D eigenvalue weighted by atomic mass is 35.5. The van der Waals surface area contributed by atoms with Gasteiger partial charge in [0.05, 0.1) is 16.9 Å². The quantitative estimate of drug-likeness (QED) is 0.0778. The molecule has 13 nitrogen and oxygen atoms in total. The predicted octanol–water partition coefficient (Wildman–Crippen LogP) is 12.9. The van der Waals surface area contributed by atoms with E-state index in [9.17, 15) is 23.2 Å². The van der Waals surface area contributed by atoms with Crippen LogP contribution in [0.25, 0.3) is 11.3 Å². The minimum Gasteiger partial charge on any atom is -0.457 e. The summed E-state index contributed by atoms with van der Waals surface area (Å²) >= 11 is 18.0. The van der Waals surface area contributed by atoms with Gasteiger partial charge in [-0.1, -0.05) is 46.9 Å². The molecule has 0 saturated carbocycles. The summed E-state index contributed by atoms with van der Waals surface area (Å²) in [7, 11) is 1.65. The summed E-state index contributed by atoms with van der Waals surface area (Å²) in [5.41, 5.74) is 1.75. The first-order valence-corrected chi connectivity index (χ1v) is 26.0. The summed E-state index contributed by atoms with van der Waals surface area (Å²) in [5, 5.41) is 1.05. The molecule has 6 aromatic rings. The lowest BCUT2D eigenvalue weighted by Gasteiger charge is -2.32. The van der Waals surface area contributed by atoms with Crippen LogP contribution in [0.4, 0.5) is 13.6 Å². The fourth-order valence-electron chi connectivity index (χ4n) is 8.02. The van der Waals surface area contributed by atoms with Gasteiger partial charge in [0.15, 0.2) is 5.78 Å². The molecule has 0 bridgehead atoms. The molecule has 4 aromatic carbocycles. The van der Waals surface area contributed by atoms with Crippen LogP contribution in [0.5, 0.6) is 23.0 Å². The van der Waals surface area contributed by atoms with Crippen molar-refractivity contribution in [1.29, 1.82) is 0 Å². The molecule has 19 heteroatoms. The number of carbonyl (C=O) groups is 3. The Morgan fingerprint density at radius 1 is 0.618 bits per heavy atom. The molecular weight excluding hydrogens is 1040 g/mol. The fourth-order valence-corrected chi connectivity index (χ4v) is 8.70. The largest absolute Gasteiger partial charge is 0.494 e. The monoisotopic (exact) mass is 1100 g/mol. The SMILES string of the molecule is CC(C)(C)OC(=O)N1CCC(C(=O)c2cc(Cl)cc(Cl)n2)CC1.CC1(C)OB(c2ccc(Oc3ccc(F)cc3)cc2)OC1(C)C.CN1CCN(C(=O)c2cc(Cl)cc(-c3ccc(Oc4ccc(F)cc4)cc3)n2)CC1. The summed E-state index contributed by atoms with van der Waals surface area (Å²) in [4.78, 5) is 51.6. The summed E-state index contributed by atoms with van der Waals surface area (Å²) in [6, 6.07) is 32.9. The molecular formula is C57H61BCl3F2N5O8. The topological polar surface area (TPSA) is 133 Å². The molecule has 0 radical (unpaired) electrons. The van der Waals surface area contributed by atoms with Crippen LogP contribution < -0.4 is 14.9 Å². The van der Waals surface area contributed by atoms with Crippen molar-refractivity contribution in [3.8, 4) is 34.3 Å². The smallest absolute Gasteiger partial charge is 0.457 e. The second-order valence-corrected chi connectivity index (χ2v) is 21.8. The average molecular weight is 1100 g/mol. The van der Waals surface area contributed by atoms with E-state index in [1.807, 2.05) is 96.8 Å². The van der Waals surface area contributed by atoms with Crippen molar-refractivity contribution in [2.45, 2.75) is 78.1 Å². The minimum absolute atomic E-state index is 0.0850. The number of halogens is 5. The van der Waals surface area contributed by atoms with Crippen LogP contribution in [0.15, 0.2) is 121 Å². The third-order valence-corrected chi connectivity index (χ3v) is 13.6. The number of pyridine rings is 2. The molecule has 3 aliphatic rings. The molecule has 76 heavy (non-hydrogen) atoms. The second-order valence-electron chi connectivity index (χ2n) is 20.5. The van der Waals surface area contributed by atoms with Gasteiger partial charge < -0.3 is 38.2 Å². The number of rotatable bonds is 9. The summed E-state index contributed by atoms with van der Waals surface area (Å²) in [6.45, 7) is 17.6. The zero-order valence-corrected chi connectivity index (χ0v) is 46.0. The third kappa shape index (κ3) is 16.0. The Labute approximate surface area is 458 Å². The van der Waals surface area contributed by atoms with Crippen molar-refractivity contribution in [3.05, 3.63) is 160 Å². The lowest BCUT2D eigenvalue weighted by molar-refractivity contribution is 0.00578. The van der Waals surface area contributed by atoms with Crippen LogP contribution in [0.2, 0.25) is 15.2 Å². The second kappa shape index (κ2) is 24.9. The van der Waals surface area contributed by atoms with Gasteiger partial charge in [-0.05, 0) is 183 Å². The van der Waals surface area contributed by atoms with Crippen LogP contribution in [-0.4, -0.2) is 113 Å². The third-order valence-electron chi connectivity index (χ3n) is 13.0. The highest BCUT2D eigenvalue weighted by Gasteiger charge is 2.51. The zero-order chi connectivity index (χ0) is 55.0. The number of carbonyl (C=O) groups excluding carboxylic acids is 3. The van der Waals surface area contributed by atoms with E-state index >= 15 is 0 Å². The van der Waals surface area contributed by atoms with Gasteiger partial charge in [-0.2, -0.15) is 0 Å². The normalized spacial score (nSPS) is 16.4. The minimum atomic E-state index is -0.523. The van der Waals surface area contributed by atoms with Crippen LogP contribution >= 0.6 is 34.8 Å². The van der Waals surface area contributed by atoms with Crippen LogP contribution in [-0.2, 0) is 14.0 Å². The maximum Gasteiger partial charge on any atom is 0.494 e. The fraction of sp³-hybridized carbons (Fsp3) is 0.351. The van der Waals surface area contributed by atoms with E-state index in [-0.39, 0.29) is 64.5 Å². The van der Waals surface area contributed by atoms with Gasteiger partial charge in [-0.25, -0.2) is 23.5 Å². The number of ketones is 1. The Balaban J connectivity index is 0.000000168. The lowest BCUT2D eigenvalue weighted by atomic mass is 9.79. The Hall–Kier alpha value is -6.14. The van der Waals surface area contributed by atoms with Crippen LogP contribution in [0.1, 0.15) is 82.3 Å². The van der Waals surface area contributed by atoms with Crippen molar-refractivity contribution in [1.82, 2.24) is 24.7 Å². The summed E-state index contributed by atoms with van der Waals surface area (Å²) in [6.07, 6.45) is 0.806. The molecule has 5 heterocycles. The van der Waals surface area contributed by atoms with Gasteiger partial charge in [-0.15, -0.1) is 0 Å². The Bertz CT molecular complexity index is 2920. The Kier molecular flexibility index (Phi) is 18.9. The summed E-state index contributed by atoms with van der Waals surface area (Å²) in [5.74, 6) is 1.45. The van der Waals surface area contributed by atoms with Gasteiger partial charge in [0.2, 0.25) is 0 Å². The number of Topliss-reactive ketones (excluding diaryl/α,β-unsaturated/α-hetero) is 1. The molecule has 0 unspecified atom stereocenters.